The minimum Gasteiger partial charge on any atom is -0.481 e. The van der Waals surface area contributed by atoms with Crippen molar-refractivity contribution in [3.8, 4) is 0 Å². The van der Waals surface area contributed by atoms with Crippen molar-refractivity contribution in [1.29, 1.82) is 0 Å². The Balaban J connectivity index is 2.00. The summed E-state index contributed by atoms with van der Waals surface area (Å²) >= 11 is 0. The van der Waals surface area contributed by atoms with Crippen LogP contribution in [0.3, 0.4) is 0 Å². The Labute approximate surface area is 144 Å². The number of sulfonamides is 1. The lowest BCUT2D eigenvalue weighted by Crippen LogP contribution is -2.48. The minimum atomic E-state index is -3.48. The molecule has 0 amide bonds. The third-order valence-corrected chi connectivity index (χ3v) is 6.59. The molecule has 1 heterocycles. The highest BCUT2D eigenvalue weighted by molar-refractivity contribution is 7.89. The van der Waals surface area contributed by atoms with Crippen LogP contribution in [0.1, 0.15) is 38.2 Å². The largest absolute Gasteiger partial charge is 0.481 e. The van der Waals surface area contributed by atoms with Crippen LogP contribution in [0.5, 0.6) is 0 Å². The van der Waals surface area contributed by atoms with E-state index in [4.69, 9.17) is 5.11 Å². The number of hydrogen-bond acceptors (Lipinski definition) is 4. The van der Waals surface area contributed by atoms with Crippen molar-refractivity contribution in [2.75, 3.05) is 32.7 Å². The average molecular weight is 354 g/mol. The second kappa shape index (κ2) is 8.09. The lowest BCUT2D eigenvalue weighted by Gasteiger charge is -2.33. The zero-order valence-corrected chi connectivity index (χ0v) is 15.1. The summed E-state index contributed by atoms with van der Waals surface area (Å²) in [5.74, 6) is -0.411. The molecule has 0 aliphatic carbocycles. The molecule has 1 aromatic carbocycles. The number of nitrogens with zero attached hydrogens (tertiary/aromatic N) is 2. The molecule has 1 fully saturated rings. The SMILES string of the molecule is CCC(C)c1ccc(S(=O)(=O)N2CCN(CCC(=O)O)CC2)cc1. The summed E-state index contributed by atoms with van der Waals surface area (Å²) in [5, 5.41) is 8.72. The van der Waals surface area contributed by atoms with Crippen molar-refractivity contribution >= 4 is 16.0 Å². The van der Waals surface area contributed by atoms with Crippen molar-refractivity contribution in [1.82, 2.24) is 9.21 Å². The van der Waals surface area contributed by atoms with E-state index in [-0.39, 0.29) is 6.42 Å². The monoisotopic (exact) mass is 354 g/mol. The Morgan fingerprint density at radius 1 is 1.17 bits per heavy atom. The standard InChI is InChI=1S/C17H26N2O4S/c1-3-14(2)15-4-6-16(7-5-15)24(22,23)19-12-10-18(11-13-19)9-8-17(20)21/h4-7,14H,3,8-13H2,1-2H3,(H,20,21). The molecular formula is C17H26N2O4S. The molecular weight excluding hydrogens is 328 g/mol. The Kier molecular flexibility index (Phi) is 6.37. The highest BCUT2D eigenvalue weighted by atomic mass is 32.2. The molecule has 1 aliphatic heterocycles. The maximum absolute atomic E-state index is 12.7. The number of carboxylic acids is 1. The van der Waals surface area contributed by atoms with Gasteiger partial charge in [-0.2, -0.15) is 4.31 Å². The van der Waals surface area contributed by atoms with Gasteiger partial charge < -0.3 is 10.0 Å². The van der Waals surface area contributed by atoms with Gasteiger partial charge in [0.15, 0.2) is 0 Å². The number of rotatable bonds is 7. The normalized spacial score (nSPS) is 18.4. The van der Waals surface area contributed by atoms with E-state index in [1.165, 1.54) is 4.31 Å². The van der Waals surface area contributed by atoms with Crippen molar-refractivity contribution in [3.05, 3.63) is 29.8 Å². The summed E-state index contributed by atoms with van der Waals surface area (Å²) in [4.78, 5) is 12.9. The van der Waals surface area contributed by atoms with Crippen LogP contribution in [0.25, 0.3) is 0 Å². The van der Waals surface area contributed by atoms with Gasteiger partial charge in [-0.1, -0.05) is 26.0 Å². The van der Waals surface area contributed by atoms with Gasteiger partial charge in [0.05, 0.1) is 11.3 Å². The summed E-state index contributed by atoms with van der Waals surface area (Å²) in [6.45, 7) is 6.63. The molecule has 2 rings (SSSR count). The topological polar surface area (TPSA) is 77.9 Å². The fourth-order valence-corrected chi connectivity index (χ4v) is 4.22. The molecule has 1 N–H and O–H groups in total. The molecule has 134 valence electrons. The highest BCUT2D eigenvalue weighted by Gasteiger charge is 2.28. The quantitative estimate of drug-likeness (QED) is 0.810. The second-order valence-electron chi connectivity index (χ2n) is 6.27. The molecule has 0 aromatic heterocycles. The van der Waals surface area contributed by atoms with E-state index in [1.54, 1.807) is 12.1 Å². The number of benzene rings is 1. The van der Waals surface area contributed by atoms with Crippen LogP contribution < -0.4 is 0 Å². The predicted molar refractivity (Wildman–Crippen MR) is 92.6 cm³/mol. The Morgan fingerprint density at radius 3 is 2.25 bits per heavy atom. The van der Waals surface area contributed by atoms with Gasteiger partial charge in [-0.3, -0.25) is 4.79 Å². The first-order valence-corrected chi connectivity index (χ1v) is 9.83. The maximum Gasteiger partial charge on any atom is 0.304 e. The zero-order chi connectivity index (χ0) is 17.7. The Morgan fingerprint density at radius 2 is 1.75 bits per heavy atom. The molecule has 1 aliphatic rings. The van der Waals surface area contributed by atoms with Crippen LogP contribution in [0.4, 0.5) is 0 Å². The van der Waals surface area contributed by atoms with E-state index in [9.17, 15) is 13.2 Å². The highest BCUT2D eigenvalue weighted by Crippen LogP contribution is 2.23. The van der Waals surface area contributed by atoms with Gasteiger partial charge in [0, 0.05) is 32.7 Å². The fourth-order valence-electron chi connectivity index (χ4n) is 2.80. The van der Waals surface area contributed by atoms with Crippen LogP contribution in [0.15, 0.2) is 29.2 Å². The first-order chi connectivity index (χ1) is 11.3. The van der Waals surface area contributed by atoms with E-state index < -0.39 is 16.0 Å². The van der Waals surface area contributed by atoms with Gasteiger partial charge in [0.1, 0.15) is 0 Å². The van der Waals surface area contributed by atoms with Crippen LogP contribution >= 0.6 is 0 Å². The fraction of sp³-hybridized carbons (Fsp3) is 0.588. The van der Waals surface area contributed by atoms with Gasteiger partial charge in [0.2, 0.25) is 10.0 Å². The minimum absolute atomic E-state index is 0.0871. The summed E-state index contributed by atoms with van der Waals surface area (Å²) in [6.07, 6.45) is 1.11. The first kappa shape index (κ1) is 18.9. The van der Waals surface area contributed by atoms with Gasteiger partial charge in [-0.15, -0.1) is 0 Å². The molecule has 6 nitrogen and oxygen atoms in total. The van der Waals surface area contributed by atoms with E-state index in [0.717, 1.165) is 12.0 Å². The van der Waals surface area contributed by atoms with Crippen LogP contribution in [0.2, 0.25) is 0 Å². The van der Waals surface area contributed by atoms with Gasteiger partial charge in [-0.05, 0) is 30.0 Å². The smallest absolute Gasteiger partial charge is 0.304 e. The Bertz CT molecular complexity index is 650. The van der Waals surface area contributed by atoms with Gasteiger partial charge >= 0.3 is 5.97 Å². The van der Waals surface area contributed by atoms with Crippen LogP contribution in [-0.2, 0) is 14.8 Å². The summed E-state index contributed by atoms with van der Waals surface area (Å²) in [5.41, 5.74) is 1.15. The van der Waals surface area contributed by atoms with Crippen LogP contribution in [0, 0.1) is 0 Å². The molecule has 0 radical (unpaired) electrons. The van der Waals surface area contributed by atoms with Crippen LogP contribution in [-0.4, -0.2) is 61.4 Å². The molecule has 24 heavy (non-hydrogen) atoms. The lowest BCUT2D eigenvalue weighted by molar-refractivity contribution is -0.137. The van der Waals surface area contributed by atoms with Crippen molar-refractivity contribution < 1.29 is 18.3 Å². The molecule has 0 saturated carbocycles. The first-order valence-electron chi connectivity index (χ1n) is 8.39. The molecule has 0 spiro atoms. The van der Waals surface area contributed by atoms with E-state index >= 15 is 0 Å². The number of carbonyl (C=O) groups is 1. The van der Waals surface area contributed by atoms with E-state index in [2.05, 4.69) is 13.8 Å². The number of aliphatic carboxylic acids is 1. The van der Waals surface area contributed by atoms with Crippen molar-refractivity contribution in [2.24, 2.45) is 0 Å². The third kappa shape index (κ3) is 4.55. The van der Waals surface area contributed by atoms with Gasteiger partial charge in [0.25, 0.3) is 0 Å². The Hall–Kier alpha value is -1.44. The zero-order valence-electron chi connectivity index (χ0n) is 14.3. The third-order valence-electron chi connectivity index (χ3n) is 4.67. The van der Waals surface area contributed by atoms with Crippen molar-refractivity contribution in [3.63, 3.8) is 0 Å². The second-order valence-corrected chi connectivity index (χ2v) is 8.21. The molecule has 0 bridgehead atoms. The van der Waals surface area contributed by atoms with Gasteiger partial charge in [-0.25, -0.2) is 8.42 Å². The summed E-state index contributed by atoms with van der Waals surface area (Å²) in [6, 6.07) is 7.16. The number of hydrogen-bond donors (Lipinski definition) is 1. The average Bonchev–Trinajstić information content (AvgIpc) is 2.59. The summed E-state index contributed by atoms with van der Waals surface area (Å²) < 4.78 is 26.9. The molecule has 1 aromatic rings. The van der Waals surface area contributed by atoms with E-state index in [0.29, 0.717) is 43.5 Å². The predicted octanol–water partition coefficient (Wildman–Crippen LogP) is 1.98. The molecule has 1 atom stereocenters. The molecule has 1 saturated heterocycles. The summed E-state index contributed by atoms with van der Waals surface area (Å²) in [7, 11) is -3.48. The number of piperazine rings is 1. The molecule has 7 heteroatoms. The lowest BCUT2D eigenvalue weighted by atomic mass is 9.99. The molecule has 1 unspecified atom stereocenters. The number of carboxylic acid groups (broad SMARTS) is 1. The van der Waals surface area contributed by atoms with E-state index in [1.807, 2.05) is 17.0 Å². The maximum atomic E-state index is 12.7. The van der Waals surface area contributed by atoms with Crippen molar-refractivity contribution in [2.45, 2.75) is 37.5 Å².